The summed E-state index contributed by atoms with van der Waals surface area (Å²) in [5, 5.41) is 5.55. The van der Waals surface area contributed by atoms with Crippen molar-refractivity contribution in [3.8, 4) is 0 Å². The van der Waals surface area contributed by atoms with Crippen LogP contribution in [0.25, 0.3) is 0 Å². The molecule has 1 heterocycles. The first-order chi connectivity index (χ1) is 12.5. The zero-order valence-electron chi connectivity index (χ0n) is 14.8. The van der Waals surface area contributed by atoms with Crippen LogP contribution >= 0.6 is 0 Å². The molecule has 5 nitrogen and oxygen atoms in total. The number of benzene rings is 2. The van der Waals surface area contributed by atoms with Crippen LogP contribution in [0.15, 0.2) is 48.5 Å². The molecule has 2 atom stereocenters. The molecule has 2 aromatic rings. The Kier molecular flexibility index (Phi) is 5.21. The number of nitrogens with zero attached hydrogens (tertiary/aromatic N) is 1. The Morgan fingerprint density at radius 3 is 2.77 bits per heavy atom. The summed E-state index contributed by atoms with van der Waals surface area (Å²) in [5.74, 6) is -1.55. The molecule has 6 heteroatoms. The Balaban J connectivity index is 1.66. The van der Waals surface area contributed by atoms with Crippen LogP contribution in [0.1, 0.15) is 24.8 Å². The van der Waals surface area contributed by atoms with Crippen LogP contribution in [0.5, 0.6) is 0 Å². The summed E-state index contributed by atoms with van der Waals surface area (Å²) in [6.07, 6.45) is 0.0629. The summed E-state index contributed by atoms with van der Waals surface area (Å²) in [4.78, 5) is 26.6. The first-order valence-corrected chi connectivity index (χ1v) is 8.60. The van der Waals surface area contributed by atoms with Crippen molar-refractivity contribution >= 4 is 23.2 Å². The fraction of sp³-hybridized carbons (Fsp3) is 0.300. The van der Waals surface area contributed by atoms with Gasteiger partial charge in [-0.15, -0.1) is 0 Å². The summed E-state index contributed by atoms with van der Waals surface area (Å²) < 4.78 is 13.4. The minimum Gasteiger partial charge on any atom is -0.370 e. The highest BCUT2D eigenvalue weighted by atomic mass is 19.1. The third-order valence-electron chi connectivity index (χ3n) is 4.77. The third kappa shape index (κ3) is 3.85. The van der Waals surface area contributed by atoms with Gasteiger partial charge >= 0.3 is 0 Å². The van der Waals surface area contributed by atoms with Crippen molar-refractivity contribution in [2.75, 3.05) is 23.8 Å². The lowest BCUT2D eigenvalue weighted by Gasteiger charge is -2.29. The van der Waals surface area contributed by atoms with Gasteiger partial charge in [0.15, 0.2) is 0 Å². The van der Waals surface area contributed by atoms with Crippen molar-refractivity contribution in [2.24, 2.45) is 0 Å². The van der Waals surface area contributed by atoms with Crippen LogP contribution in [0.4, 0.5) is 15.8 Å². The molecular weight excluding hydrogens is 333 g/mol. The maximum absolute atomic E-state index is 13.4. The van der Waals surface area contributed by atoms with E-state index in [-0.39, 0.29) is 24.3 Å². The van der Waals surface area contributed by atoms with Gasteiger partial charge in [-0.25, -0.2) is 4.39 Å². The molecule has 0 fully saturated rings. The molecular formula is C20H22FN3O2. The van der Waals surface area contributed by atoms with Gasteiger partial charge in [-0.3, -0.25) is 9.59 Å². The zero-order valence-corrected chi connectivity index (χ0v) is 14.8. The van der Waals surface area contributed by atoms with Gasteiger partial charge in [0.1, 0.15) is 5.82 Å². The second kappa shape index (κ2) is 7.56. The van der Waals surface area contributed by atoms with Crippen molar-refractivity contribution in [3.05, 3.63) is 59.9 Å². The van der Waals surface area contributed by atoms with E-state index < -0.39 is 11.7 Å². The number of halogens is 1. The Bertz CT molecular complexity index is 810. The number of carbonyl (C=O) groups is 2. The lowest BCUT2D eigenvalue weighted by molar-refractivity contribution is -0.126. The Morgan fingerprint density at radius 2 is 2.04 bits per heavy atom. The number of rotatable bonds is 5. The first kappa shape index (κ1) is 17.9. The van der Waals surface area contributed by atoms with Crippen LogP contribution in [-0.4, -0.2) is 31.4 Å². The maximum atomic E-state index is 13.4. The number of likely N-dealkylation sites (N-methyl/N-ethyl adjacent to an activating group) is 1. The van der Waals surface area contributed by atoms with Crippen LogP contribution in [0, 0.1) is 5.82 Å². The van der Waals surface area contributed by atoms with Gasteiger partial charge in [0.05, 0.1) is 5.92 Å². The maximum Gasteiger partial charge on any atom is 0.228 e. The fourth-order valence-corrected chi connectivity index (χ4v) is 3.10. The van der Waals surface area contributed by atoms with Gasteiger partial charge in [0.2, 0.25) is 11.8 Å². The Hall–Kier alpha value is -2.89. The predicted octanol–water partition coefficient (Wildman–Crippen LogP) is 2.89. The molecule has 0 bridgehead atoms. The fourth-order valence-electron chi connectivity index (χ4n) is 3.10. The van der Waals surface area contributed by atoms with E-state index in [9.17, 15) is 14.0 Å². The lowest BCUT2D eigenvalue weighted by Crippen LogP contribution is -2.43. The molecule has 2 unspecified atom stereocenters. The SMILES string of the molecule is CC(CNC(=O)C1CC(=O)Nc2cc(F)ccc21)N(C)c1ccccc1. The molecule has 0 aliphatic carbocycles. The Labute approximate surface area is 152 Å². The van der Waals surface area contributed by atoms with E-state index in [4.69, 9.17) is 0 Å². The van der Waals surface area contributed by atoms with Gasteiger partial charge in [0, 0.05) is 37.4 Å². The number of amides is 2. The normalized spacial score (nSPS) is 17.0. The number of anilines is 2. The highest BCUT2D eigenvalue weighted by Crippen LogP contribution is 2.32. The van der Waals surface area contributed by atoms with Gasteiger partial charge in [-0.2, -0.15) is 0 Å². The van der Waals surface area contributed by atoms with E-state index in [0.717, 1.165) is 5.69 Å². The van der Waals surface area contributed by atoms with Crippen molar-refractivity contribution in [3.63, 3.8) is 0 Å². The molecule has 0 saturated heterocycles. The van der Waals surface area contributed by atoms with E-state index in [2.05, 4.69) is 15.5 Å². The summed E-state index contributed by atoms with van der Waals surface area (Å²) in [6, 6.07) is 14.1. The molecule has 2 N–H and O–H groups in total. The van der Waals surface area contributed by atoms with E-state index >= 15 is 0 Å². The minimum absolute atomic E-state index is 0.0629. The van der Waals surface area contributed by atoms with E-state index in [1.807, 2.05) is 44.3 Å². The highest BCUT2D eigenvalue weighted by molar-refractivity contribution is 6.01. The topological polar surface area (TPSA) is 61.4 Å². The van der Waals surface area contributed by atoms with Gasteiger partial charge in [-0.1, -0.05) is 24.3 Å². The van der Waals surface area contributed by atoms with E-state index in [1.165, 1.54) is 12.1 Å². The standard InChI is InChI=1S/C20H22FN3O2/c1-13(24(2)15-6-4-3-5-7-15)12-22-20(26)17-11-19(25)23-18-10-14(21)8-9-16(17)18/h3-10,13,17H,11-12H2,1-2H3,(H,22,26)(H,23,25). The van der Waals surface area contributed by atoms with Crippen molar-refractivity contribution in [1.29, 1.82) is 0 Å². The summed E-state index contributed by atoms with van der Waals surface area (Å²) in [7, 11) is 1.97. The average molecular weight is 355 g/mol. The van der Waals surface area contributed by atoms with Crippen molar-refractivity contribution < 1.29 is 14.0 Å². The van der Waals surface area contributed by atoms with Crippen LogP contribution in [0.2, 0.25) is 0 Å². The molecule has 0 aromatic heterocycles. The molecule has 0 spiro atoms. The van der Waals surface area contributed by atoms with Gasteiger partial charge < -0.3 is 15.5 Å². The van der Waals surface area contributed by atoms with Gasteiger partial charge in [0.25, 0.3) is 0 Å². The monoisotopic (exact) mass is 355 g/mol. The molecule has 2 amide bonds. The number of hydrogen-bond donors (Lipinski definition) is 2. The number of carbonyl (C=O) groups excluding carboxylic acids is 2. The summed E-state index contributed by atoms with van der Waals surface area (Å²) in [6.45, 7) is 2.46. The average Bonchev–Trinajstić information content (AvgIpc) is 2.64. The number of fused-ring (bicyclic) bond motifs is 1. The van der Waals surface area contributed by atoms with Crippen LogP contribution < -0.4 is 15.5 Å². The second-order valence-corrected chi connectivity index (χ2v) is 6.58. The minimum atomic E-state index is -0.603. The van der Waals surface area contributed by atoms with E-state index in [1.54, 1.807) is 6.07 Å². The predicted molar refractivity (Wildman–Crippen MR) is 99.7 cm³/mol. The molecule has 1 aliphatic rings. The molecule has 26 heavy (non-hydrogen) atoms. The van der Waals surface area contributed by atoms with E-state index in [0.29, 0.717) is 17.8 Å². The number of nitrogens with one attached hydrogen (secondary N) is 2. The van der Waals surface area contributed by atoms with Crippen molar-refractivity contribution in [1.82, 2.24) is 5.32 Å². The van der Waals surface area contributed by atoms with Crippen LogP contribution in [-0.2, 0) is 9.59 Å². The molecule has 3 rings (SSSR count). The smallest absolute Gasteiger partial charge is 0.228 e. The molecule has 136 valence electrons. The first-order valence-electron chi connectivity index (χ1n) is 8.60. The van der Waals surface area contributed by atoms with Gasteiger partial charge in [-0.05, 0) is 36.8 Å². The zero-order chi connectivity index (χ0) is 18.7. The molecule has 2 aromatic carbocycles. The second-order valence-electron chi connectivity index (χ2n) is 6.58. The van der Waals surface area contributed by atoms with Crippen molar-refractivity contribution in [2.45, 2.75) is 25.3 Å². The quantitative estimate of drug-likeness (QED) is 0.867. The number of para-hydroxylation sites is 1. The molecule has 1 aliphatic heterocycles. The lowest BCUT2D eigenvalue weighted by atomic mass is 9.89. The highest BCUT2D eigenvalue weighted by Gasteiger charge is 2.31. The third-order valence-corrected chi connectivity index (χ3v) is 4.77. The molecule has 0 radical (unpaired) electrons. The Morgan fingerprint density at radius 1 is 1.31 bits per heavy atom. The summed E-state index contributed by atoms with van der Waals surface area (Å²) in [5.41, 5.74) is 2.08. The number of hydrogen-bond acceptors (Lipinski definition) is 3. The largest absolute Gasteiger partial charge is 0.370 e. The summed E-state index contributed by atoms with van der Waals surface area (Å²) >= 11 is 0. The van der Waals surface area contributed by atoms with Crippen LogP contribution in [0.3, 0.4) is 0 Å². The molecule has 0 saturated carbocycles.